The zero-order valence-corrected chi connectivity index (χ0v) is 18.6. The van der Waals surface area contributed by atoms with Crippen LogP contribution in [0.25, 0.3) is 0 Å². The van der Waals surface area contributed by atoms with Gasteiger partial charge in [-0.3, -0.25) is 9.59 Å². The summed E-state index contributed by atoms with van der Waals surface area (Å²) in [5, 5.41) is 0. The van der Waals surface area contributed by atoms with Gasteiger partial charge >= 0.3 is 11.9 Å². The summed E-state index contributed by atoms with van der Waals surface area (Å²) in [4.78, 5) is 26.1. The van der Waals surface area contributed by atoms with E-state index in [4.69, 9.17) is 14.2 Å². The molecule has 1 aromatic rings. The SMILES string of the molecule is C=C(C)C1=C2CC(C(=O)OCC)(C(=O)OCC)CC2C(C)(C)OC1c1ccccc1. The second-order valence-corrected chi connectivity index (χ2v) is 8.69. The number of hydrogen-bond acceptors (Lipinski definition) is 5. The van der Waals surface area contributed by atoms with Gasteiger partial charge in [0.15, 0.2) is 5.41 Å². The van der Waals surface area contributed by atoms with Crippen LogP contribution in [0.4, 0.5) is 0 Å². The van der Waals surface area contributed by atoms with Crippen molar-refractivity contribution in [2.24, 2.45) is 11.3 Å². The number of benzene rings is 1. The minimum absolute atomic E-state index is 0.113. The molecule has 0 amide bonds. The maximum Gasteiger partial charge on any atom is 0.323 e. The van der Waals surface area contributed by atoms with Gasteiger partial charge in [-0.25, -0.2) is 0 Å². The average molecular weight is 413 g/mol. The molecule has 3 rings (SSSR count). The molecule has 0 radical (unpaired) electrons. The van der Waals surface area contributed by atoms with Crippen LogP contribution >= 0.6 is 0 Å². The number of carbonyl (C=O) groups excluding carboxylic acids is 2. The van der Waals surface area contributed by atoms with E-state index >= 15 is 0 Å². The quantitative estimate of drug-likeness (QED) is 0.490. The van der Waals surface area contributed by atoms with Crippen LogP contribution < -0.4 is 0 Å². The summed E-state index contributed by atoms with van der Waals surface area (Å²) in [7, 11) is 0. The van der Waals surface area contributed by atoms with E-state index in [0.29, 0.717) is 6.42 Å². The van der Waals surface area contributed by atoms with Gasteiger partial charge in [-0.2, -0.15) is 0 Å². The predicted molar refractivity (Wildman–Crippen MR) is 115 cm³/mol. The van der Waals surface area contributed by atoms with Crippen molar-refractivity contribution in [3.05, 3.63) is 59.2 Å². The third-order valence-electron chi connectivity index (χ3n) is 6.23. The fourth-order valence-corrected chi connectivity index (χ4v) is 4.85. The minimum Gasteiger partial charge on any atom is -0.465 e. The molecule has 5 heteroatoms. The predicted octanol–water partition coefficient (Wildman–Crippen LogP) is 4.93. The van der Waals surface area contributed by atoms with Gasteiger partial charge in [-0.1, -0.05) is 48.1 Å². The van der Waals surface area contributed by atoms with Gasteiger partial charge in [0.25, 0.3) is 0 Å². The van der Waals surface area contributed by atoms with Gasteiger partial charge in [0.05, 0.1) is 18.8 Å². The van der Waals surface area contributed by atoms with Crippen LogP contribution in [-0.2, 0) is 23.8 Å². The van der Waals surface area contributed by atoms with E-state index in [1.165, 1.54) is 0 Å². The lowest BCUT2D eigenvalue weighted by Gasteiger charge is -2.43. The Balaban J connectivity index is 2.18. The molecule has 1 saturated carbocycles. The first-order chi connectivity index (χ1) is 14.2. The van der Waals surface area contributed by atoms with Crippen molar-refractivity contribution in [3.63, 3.8) is 0 Å². The normalized spacial score (nSPS) is 24.2. The smallest absolute Gasteiger partial charge is 0.323 e. The highest BCUT2D eigenvalue weighted by atomic mass is 16.6. The number of esters is 2. The van der Waals surface area contributed by atoms with E-state index in [0.717, 1.165) is 22.3 Å². The van der Waals surface area contributed by atoms with Crippen molar-refractivity contribution in [2.75, 3.05) is 13.2 Å². The lowest BCUT2D eigenvalue weighted by molar-refractivity contribution is -0.172. The largest absolute Gasteiger partial charge is 0.465 e. The summed E-state index contributed by atoms with van der Waals surface area (Å²) >= 11 is 0. The maximum atomic E-state index is 13.1. The molecule has 0 spiro atoms. The standard InChI is InChI=1S/C25H32O5/c1-7-28-22(26)25(23(27)29-8-2)14-18-19(15-25)24(5,6)30-21(20(18)16(3)4)17-12-10-9-11-13-17/h9-13,19,21H,3,7-8,14-15H2,1-2,4-6H3. The van der Waals surface area contributed by atoms with Crippen molar-refractivity contribution in [1.82, 2.24) is 0 Å². The third-order valence-corrected chi connectivity index (χ3v) is 6.23. The van der Waals surface area contributed by atoms with E-state index in [2.05, 4.69) is 6.58 Å². The summed E-state index contributed by atoms with van der Waals surface area (Å²) in [5.74, 6) is -1.14. The zero-order chi connectivity index (χ0) is 22.1. The molecule has 1 aromatic carbocycles. The molecule has 0 N–H and O–H groups in total. The van der Waals surface area contributed by atoms with Gasteiger partial charge in [-0.05, 0) is 58.6 Å². The summed E-state index contributed by atoms with van der Waals surface area (Å²) < 4.78 is 17.3. The summed E-state index contributed by atoms with van der Waals surface area (Å²) in [6.45, 7) is 14.1. The van der Waals surface area contributed by atoms with Crippen LogP contribution in [0, 0.1) is 11.3 Å². The summed E-state index contributed by atoms with van der Waals surface area (Å²) in [6.07, 6.45) is 0.281. The van der Waals surface area contributed by atoms with Gasteiger partial charge in [-0.15, -0.1) is 0 Å². The first kappa shape index (κ1) is 22.3. The van der Waals surface area contributed by atoms with E-state index in [-0.39, 0.29) is 31.7 Å². The fraction of sp³-hybridized carbons (Fsp3) is 0.520. The Morgan fingerprint density at radius 2 is 1.67 bits per heavy atom. The summed E-state index contributed by atoms with van der Waals surface area (Å²) in [6, 6.07) is 9.99. The van der Waals surface area contributed by atoms with Crippen molar-refractivity contribution in [2.45, 2.75) is 59.2 Å². The maximum absolute atomic E-state index is 13.1. The molecule has 1 aliphatic heterocycles. The molecule has 162 valence electrons. The molecule has 1 heterocycles. The Bertz CT molecular complexity index is 847. The Labute approximate surface area is 179 Å². The lowest BCUT2D eigenvalue weighted by atomic mass is 9.77. The number of carbonyl (C=O) groups is 2. The van der Waals surface area contributed by atoms with E-state index < -0.39 is 23.0 Å². The Hall–Kier alpha value is -2.40. The Kier molecular flexibility index (Phi) is 6.23. The highest BCUT2D eigenvalue weighted by Gasteiger charge is 2.61. The van der Waals surface area contributed by atoms with Crippen LogP contribution in [0.2, 0.25) is 0 Å². The second kappa shape index (κ2) is 8.38. The van der Waals surface area contributed by atoms with E-state index in [1.807, 2.05) is 51.1 Å². The highest BCUT2D eigenvalue weighted by Crippen LogP contribution is 2.58. The molecule has 1 fully saturated rings. The molecule has 30 heavy (non-hydrogen) atoms. The molecule has 2 atom stereocenters. The van der Waals surface area contributed by atoms with Crippen LogP contribution in [0.3, 0.4) is 0 Å². The lowest BCUT2D eigenvalue weighted by Crippen LogP contribution is -2.43. The first-order valence-corrected chi connectivity index (χ1v) is 10.6. The minimum atomic E-state index is -1.35. The number of ether oxygens (including phenoxy) is 3. The van der Waals surface area contributed by atoms with Gasteiger partial charge in [0.2, 0.25) is 0 Å². The zero-order valence-electron chi connectivity index (χ0n) is 18.6. The van der Waals surface area contributed by atoms with Gasteiger partial charge < -0.3 is 14.2 Å². The van der Waals surface area contributed by atoms with E-state index in [9.17, 15) is 9.59 Å². The van der Waals surface area contributed by atoms with Crippen LogP contribution in [0.1, 0.15) is 59.1 Å². The van der Waals surface area contributed by atoms with Gasteiger partial charge in [0.1, 0.15) is 6.10 Å². The van der Waals surface area contributed by atoms with Crippen molar-refractivity contribution in [3.8, 4) is 0 Å². The molecule has 2 unspecified atom stereocenters. The molecule has 0 aromatic heterocycles. The molecule has 5 nitrogen and oxygen atoms in total. The number of rotatable bonds is 6. The Morgan fingerprint density at radius 1 is 1.10 bits per heavy atom. The molecular weight excluding hydrogens is 380 g/mol. The topological polar surface area (TPSA) is 61.8 Å². The van der Waals surface area contributed by atoms with E-state index in [1.54, 1.807) is 13.8 Å². The number of hydrogen-bond donors (Lipinski definition) is 0. The van der Waals surface area contributed by atoms with Crippen molar-refractivity contribution >= 4 is 11.9 Å². The molecule has 2 aliphatic rings. The first-order valence-electron chi connectivity index (χ1n) is 10.6. The number of fused-ring (bicyclic) bond motifs is 1. The molecule has 0 bridgehead atoms. The van der Waals surface area contributed by atoms with Crippen LogP contribution in [0.15, 0.2) is 53.6 Å². The van der Waals surface area contributed by atoms with Crippen LogP contribution in [-0.4, -0.2) is 30.8 Å². The second-order valence-electron chi connectivity index (χ2n) is 8.69. The molecular formula is C25H32O5. The van der Waals surface area contributed by atoms with Crippen molar-refractivity contribution in [1.29, 1.82) is 0 Å². The Morgan fingerprint density at radius 3 is 2.17 bits per heavy atom. The molecule has 1 aliphatic carbocycles. The third kappa shape index (κ3) is 3.71. The highest BCUT2D eigenvalue weighted by molar-refractivity contribution is 6.01. The summed E-state index contributed by atoms with van der Waals surface area (Å²) in [5.41, 5.74) is 2.01. The monoisotopic (exact) mass is 412 g/mol. The average Bonchev–Trinajstić information content (AvgIpc) is 3.11. The van der Waals surface area contributed by atoms with Crippen LogP contribution in [0.5, 0.6) is 0 Å². The van der Waals surface area contributed by atoms with Crippen molar-refractivity contribution < 1.29 is 23.8 Å². The molecule has 0 saturated heterocycles. The fourth-order valence-electron chi connectivity index (χ4n) is 4.85. The van der Waals surface area contributed by atoms with Gasteiger partial charge in [0, 0.05) is 5.92 Å².